The van der Waals surface area contributed by atoms with Crippen molar-refractivity contribution < 1.29 is 0 Å². The number of hydrogen-bond donors (Lipinski definition) is 4. The smallest absolute Gasteiger partial charge is 0.306 e. The van der Waals surface area contributed by atoms with Gasteiger partial charge in [-0.25, -0.2) is 0 Å². The first-order valence-corrected chi connectivity index (χ1v) is 3.90. The van der Waals surface area contributed by atoms with Crippen LogP contribution >= 0.6 is 11.3 Å². The molecule has 12 heavy (non-hydrogen) atoms. The molecule has 0 fully saturated rings. The van der Waals surface area contributed by atoms with Gasteiger partial charge in [0.2, 0.25) is 0 Å². The zero-order chi connectivity index (χ0) is 9.14. The summed E-state index contributed by atoms with van der Waals surface area (Å²) in [6, 6.07) is 0. The van der Waals surface area contributed by atoms with E-state index >= 15 is 0 Å². The number of anilines is 1. The number of aromatic nitrogens is 1. The first-order chi connectivity index (χ1) is 5.63. The maximum Gasteiger partial charge on any atom is 0.306 e. The number of nitrogens with one attached hydrogen (secondary N) is 3. The van der Waals surface area contributed by atoms with E-state index in [1.54, 1.807) is 0 Å². The van der Waals surface area contributed by atoms with E-state index in [4.69, 9.17) is 11.1 Å². The van der Waals surface area contributed by atoms with Gasteiger partial charge in [0.1, 0.15) is 5.82 Å². The second kappa shape index (κ2) is 3.22. The lowest BCUT2D eigenvalue weighted by Gasteiger charge is -2.00. The van der Waals surface area contributed by atoms with Crippen LogP contribution in [0.25, 0.3) is 0 Å². The summed E-state index contributed by atoms with van der Waals surface area (Å²) >= 11 is 0.943. The summed E-state index contributed by atoms with van der Waals surface area (Å²) in [5, 5.41) is 9.59. The van der Waals surface area contributed by atoms with E-state index in [2.05, 4.69) is 16.9 Å². The molecule has 1 aromatic rings. The number of nitrogens with two attached hydrogens (primary N) is 1. The SMILES string of the molecule is C=C(N)Nc1[nH]c(=O)sc1C=N. The monoisotopic (exact) mass is 184 g/mol. The molecule has 64 valence electrons. The van der Waals surface area contributed by atoms with Gasteiger partial charge < -0.3 is 16.5 Å². The molecule has 0 saturated heterocycles. The molecular formula is C6H8N4OS. The summed E-state index contributed by atoms with van der Waals surface area (Å²) in [5.41, 5.74) is 5.26. The zero-order valence-electron chi connectivity index (χ0n) is 6.18. The molecule has 5 nitrogen and oxygen atoms in total. The van der Waals surface area contributed by atoms with Crippen LogP contribution in [0.1, 0.15) is 4.88 Å². The van der Waals surface area contributed by atoms with E-state index in [-0.39, 0.29) is 10.7 Å². The van der Waals surface area contributed by atoms with Crippen LogP contribution in [0, 0.1) is 5.41 Å². The number of thiazole rings is 1. The minimum atomic E-state index is -0.225. The largest absolute Gasteiger partial charge is 0.386 e. The predicted octanol–water partition coefficient (Wildman–Crippen LogP) is 0.276. The van der Waals surface area contributed by atoms with Crippen LogP contribution in [-0.4, -0.2) is 11.2 Å². The lowest BCUT2D eigenvalue weighted by molar-refractivity contribution is 1.25. The Morgan fingerprint density at radius 2 is 2.50 bits per heavy atom. The second-order valence-electron chi connectivity index (χ2n) is 2.05. The van der Waals surface area contributed by atoms with Gasteiger partial charge in [-0.3, -0.25) is 9.78 Å². The third-order valence-corrected chi connectivity index (χ3v) is 1.92. The third kappa shape index (κ3) is 1.73. The second-order valence-corrected chi connectivity index (χ2v) is 3.06. The molecule has 1 aromatic heterocycles. The average Bonchev–Trinajstić information content (AvgIpc) is 2.29. The molecule has 0 bridgehead atoms. The Kier molecular flexibility index (Phi) is 2.29. The molecule has 1 heterocycles. The number of H-pyrrole nitrogens is 1. The Balaban J connectivity index is 3.04. The highest BCUT2D eigenvalue weighted by Gasteiger charge is 2.04. The molecule has 5 N–H and O–H groups in total. The van der Waals surface area contributed by atoms with Crippen LogP contribution in [0.2, 0.25) is 0 Å². The van der Waals surface area contributed by atoms with Gasteiger partial charge in [0.25, 0.3) is 0 Å². The van der Waals surface area contributed by atoms with Gasteiger partial charge in [-0.2, -0.15) is 0 Å². The molecule has 0 saturated carbocycles. The summed E-state index contributed by atoms with van der Waals surface area (Å²) < 4.78 is 0. The van der Waals surface area contributed by atoms with Crippen molar-refractivity contribution in [1.29, 1.82) is 5.41 Å². The van der Waals surface area contributed by atoms with Gasteiger partial charge >= 0.3 is 4.87 Å². The topological polar surface area (TPSA) is 94.8 Å². The van der Waals surface area contributed by atoms with Crippen molar-refractivity contribution in [3.8, 4) is 0 Å². The van der Waals surface area contributed by atoms with Gasteiger partial charge in [-0.15, -0.1) is 0 Å². The van der Waals surface area contributed by atoms with E-state index in [9.17, 15) is 4.79 Å². The van der Waals surface area contributed by atoms with Crippen LogP contribution in [0.4, 0.5) is 5.82 Å². The fraction of sp³-hybridized carbons (Fsp3) is 0. The Labute approximate surface area is 72.4 Å². The van der Waals surface area contributed by atoms with E-state index in [1.165, 1.54) is 0 Å². The van der Waals surface area contributed by atoms with Gasteiger partial charge in [-0.1, -0.05) is 17.9 Å². The molecule has 6 heteroatoms. The molecule has 0 amide bonds. The van der Waals surface area contributed by atoms with Crippen molar-refractivity contribution in [3.63, 3.8) is 0 Å². The molecule has 0 spiro atoms. The van der Waals surface area contributed by atoms with Crippen LogP contribution in [0.15, 0.2) is 17.2 Å². The highest BCUT2D eigenvalue weighted by Crippen LogP contribution is 2.12. The fourth-order valence-corrected chi connectivity index (χ4v) is 1.31. The lowest BCUT2D eigenvalue weighted by Crippen LogP contribution is -2.09. The summed E-state index contributed by atoms with van der Waals surface area (Å²) in [5.74, 6) is 0.652. The number of aromatic amines is 1. The third-order valence-electron chi connectivity index (χ3n) is 1.09. The zero-order valence-corrected chi connectivity index (χ0v) is 6.99. The normalized spacial score (nSPS) is 9.33. The molecule has 0 atom stereocenters. The Morgan fingerprint density at radius 1 is 1.83 bits per heavy atom. The van der Waals surface area contributed by atoms with Crippen molar-refractivity contribution in [2.24, 2.45) is 5.73 Å². The van der Waals surface area contributed by atoms with Crippen LogP contribution in [-0.2, 0) is 0 Å². The van der Waals surface area contributed by atoms with Gasteiger partial charge in [0.15, 0.2) is 0 Å². The standard InChI is InChI=1S/C6H8N4OS/c1-3(8)9-5-4(2-7)12-6(11)10-5/h2,7,9H,1,8H2,(H,10,11). The molecule has 0 radical (unpaired) electrons. The van der Waals surface area contributed by atoms with Crippen molar-refractivity contribution in [2.45, 2.75) is 0 Å². The molecule has 0 aromatic carbocycles. The Morgan fingerprint density at radius 3 is 3.00 bits per heavy atom. The minimum absolute atomic E-state index is 0.225. The van der Waals surface area contributed by atoms with Gasteiger partial charge in [0, 0.05) is 6.21 Å². The maximum absolute atomic E-state index is 10.8. The number of hydrogen-bond acceptors (Lipinski definition) is 5. The molecule has 0 unspecified atom stereocenters. The molecule has 0 aliphatic rings. The van der Waals surface area contributed by atoms with E-state index in [0.29, 0.717) is 10.7 Å². The van der Waals surface area contributed by atoms with E-state index < -0.39 is 0 Å². The average molecular weight is 184 g/mol. The lowest BCUT2D eigenvalue weighted by atomic mass is 10.5. The summed E-state index contributed by atoms with van der Waals surface area (Å²) in [7, 11) is 0. The van der Waals surface area contributed by atoms with Crippen LogP contribution in [0.3, 0.4) is 0 Å². The van der Waals surface area contributed by atoms with Gasteiger partial charge in [-0.05, 0) is 0 Å². The summed E-state index contributed by atoms with van der Waals surface area (Å²) in [4.78, 5) is 13.6. The highest BCUT2D eigenvalue weighted by atomic mass is 32.1. The molecular weight excluding hydrogens is 176 g/mol. The van der Waals surface area contributed by atoms with Crippen molar-refractivity contribution in [3.05, 3.63) is 26.9 Å². The summed E-state index contributed by atoms with van der Waals surface area (Å²) in [6.07, 6.45) is 1.08. The van der Waals surface area contributed by atoms with Crippen molar-refractivity contribution >= 4 is 23.4 Å². The minimum Gasteiger partial charge on any atom is -0.386 e. The molecule has 1 rings (SSSR count). The fourth-order valence-electron chi connectivity index (χ4n) is 0.695. The molecule has 0 aliphatic carbocycles. The molecule has 0 aliphatic heterocycles. The maximum atomic E-state index is 10.8. The first-order valence-electron chi connectivity index (χ1n) is 3.08. The van der Waals surface area contributed by atoms with Crippen LogP contribution < -0.4 is 15.9 Å². The Hall–Kier alpha value is -1.56. The Bertz CT molecular complexity index is 364. The quantitative estimate of drug-likeness (QED) is 0.508. The highest BCUT2D eigenvalue weighted by molar-refractivity contribution is 7.11. The van der Waals surface area contributed by atoms with Crippen molar-refractivity contribution in [1.82, 2.24) is 4.98 Å². The first kappa shape index (κ1) is 8.54. The number of rotatable bonds is 3. The van der Waals surface area contributed by atoms with Gasteiger partial charge in [0.05, 0.1) is 10.7 Å². The van der Waals surface area contributed by atoms with Crippen LogP contribution in [0.5, 0.6) is 0 Å². The summed E-state index contributed by atoms with van der Waals surface area (Å²) in [6.45, 7) is 3.41. The van der Waals surface area contributed by atoms with E-state index in [0.717, 1.165) is 17.6 Å². The predicted molar refractivity (Wildman–Crippen MR) is 49.8 cm³/mol. The van der Waals surface area contributed by atoms with E-state index in [1.807, 2.05) is 0 Å². The van der Waals surface area contributed by atoms with Crippen molar-refractivity contribution in [2.75, 3.05) is 5.32 Å².